The Hall–Kier alpha value is -1.51. The van der Waals surface area contributed by atoms with E-state index in [0.29, 0.717) is 17.4 Å². The zero-order valence-corrected chi connectivity index (χ0v) is 44.6. The molecule has 0 bridgehead atoms. The van der Waals surface area contributed by atoms with Crippen molar-refractivity contribution in [3.8, 4) is 0 Å². The summed E-state index contributed by atoms with van der Waals surface area (Å²) in [5.41, 5.74) is 0. The number of carbonyl (C=O) groups excluding carboxylic acids is 2. The van der Waals surface area contributed by atoms with Gasteiger partial charge in [0.25, 0.3) is 7.82 Å². The molecule has 3 unspecified atom stereocenters. The predicted molar refractivity (Wildman–Crippen MR) is 275 cm³/mol. The van der Waals surface area contributed by atoms with Crippen LogP contribution in [0.15, 0.2) is 24.3 Å². The molecule has 384 valence electrons. The number of hydrogen-bond acceptors (Lipinski definition) is 7. The zero-order chi connectivity index (χ0) is 48.0. The summed E-state index contributed by atoms with van der Waals surface area (Å²) in [6.45, 7) is 6.81. The average Bonchev–Trinajstić information content (AvgIpc) is 3.26. The van der Waals surface area contributed by atoms with Gasteiger partial charge in [0.1, 0.15) is 19.3 Å². The maximum absolute atomic E-state index is 13.4. The summed E-state index contributed by atoms with van der Waals surface area (Å²) in [4.78, 5) is 39.7. The fourth-order valence-electron chi connectivity index (χ4n) is 8.03. The molecule has 1 amide bonds. The number of allylic oxidation sites excluding steroid dienone is 3. The Bertz CT molecular complexity index is 1170. The number of carbonyl (C=O) groups is 2. The van der Waals surface area contributed by atoms with Gasteiger partial charge in [-0.3, -0.25) is 14.2 Å². The number of phosphoric acid groups is 1. The molecule has 0 saturated carbocycles. The highest BCUT2D eigenvalue weighted by molar-refractivity contribution is 7.45. The standard InChI is InChI=1S/C55H107N2O7P/c1-7-10-13-16-19-22-25-26-27-28-29-30-33-35-38-41-44-47-54(58)56-52(51-63-65(60,61)62-50-49-57(4,5)6)53(46-43-40-37-34-31-23-20-17-14-11-8-2)64-55(59)48-45-42-39-36-32-24-21-18-15-12-9-3/h18,21,43,46,52-53H,7-17,19-20,22-42,44-45,47-51H2,1-6H3,(H-,56,58,60,61)/b21-18-,46-43+. The lowest BCUT2D eigenvalue weighted by Gasteiger charge is -2.30. The fourth-order valence-corrected chi connectivity index (χ4v) is 8.76. The van der Waals surface area contributed by atoms with E-state index in [1.165, 1.54) is 148 Å². The van der Waals surface area contributed by atoms with Crippen LogP contribution >= 0.6 is 7.82 Å². The smallest absolute Gasteiger partial charge is 0.306 e. The number of rotatable bonds is 50. The van der Waals surface area contributed by atoms with E-state index in [0.717, 1.165) is 83.5 Å². The van der Waals surface area contributed by atoms with Gasteiger partial charge >= 0.3 is 5.97 Å². The molecule has 0 radical (unpaired) electrons. The second-order valence-electron chi connectivity index (χ2n) is 20.1. The Balaban J connectivity index is 5.29. The first-order chi connectivity index (χ1) is 31.4. The lowest BCUT2D eigenvalue weighted by Crippen LogP contribution is -2.47. The Morgan fingerprint density at radius 3 is 1.35 bits per heavy atom. The monoisotopic (exact) mass is 939 g/mol. The molecule has 9 nitrogen and oxygen atoms in total. The molecule has 10 heteroatoms. The molecule has 65 heavy (non-hydrogen) atoms. The number of nitrogens with zero attached hydrogens (tertiary/aromatic N) is 1. The summed E-state index contributed by atoms with van der Waals surface area (Å²) in [5, 5.41) is 3.02. The predicted octanol–water partition coefficient (Wildman–Crippen LogP) is 15.6. The number of likely N-dealkylation sites (N-methyl/N-ethyl adjacent to an activating group) is 1. The summed E-state index contributed by atoms with van der Waals surface area (Å²) < 4.78 is 30.1. The number of unbranched alkanes of at least 4 members (excludes halogenated alkanes) is 32. The highest BCUT2D eigenvalue weighted by atomic mass is 31.2. The van der Waals surface area contributed by atoms with Gasteiger partial charge in [-0.25, -0.2) is 0 Å². The first-order valence-corrected chi connectivity index (χ1v) is 29.1. The van der Waals surface area contributed by atoms with Gasteiger partial charge < -0.3 is 28.5 Å². The van der Waals surface area contributed by atoms with E-state index in [-0.39, 0.29) is 31.5 Å². The third-order valence-electron chi connectivity index (χ3n) is 12.4. The van der Waals surface area contributed by atoms with Crippen molar-refractivity contribution in [2.24, 2.45) is 0 Å². The molecule has 0 spiro atoms. The van der Waals surface area contributed by atoms with Gasteiger partial charge in [-0.15, -0.1) is 0 Å². The van der Waals surface area contributed by atoms with E-state index in [4.69, 9.17) is 13.8 Å². The minimum absolute atomic E-state index is 0.0205. The summed E-state index contributed by atoms with van der Waals surface area (Å²) >= 11 is 0. The maximum atomic E-state index is 13.4. The Morgan fingerprint density at radius 1 is 0.523 bits per heavy atom. The van der Waals surface area contributed by atoms with Crippen LogP contribution in [0.2, 0.25) is 0 Å². The SMILES string of the molecule is CCCC/C=C\CCCCCCCC(=O)OC(/C=C/CCCCCCCCCCC)C(COP(=O)([O-])OCC[N+](C)(C)C)NC(=O)CCCCCCCCCCCCCCCCCCC. The van der Waals surface area contributed by atoms with Crippen molar-refractivity contribution in [2.75, 3.05) is 40.9 Å². The van der Waals surface area contributed by atoms with Crippen molar-refractivity contribution in [3.63, 3.8) is 0 Å². The van der Waals surface area contributed by atoms with Gasteiger partial charge in [0.05, 0.1) is 33.8 Å². The summed E-state index contributed by atoms with van der Waals surface area (Å²) in [7, 11) is 1.19. The topological polar surface area (TPSA) is 114 Å². The quantitative estimate of drug-likeness (QED) is 0.0212. The van der Waals surface area contributed by atoms with Gasteiger partial charge in [0.15, 0.2) is 0 Å². The molecular formula is C55H107N2O7P. The maximum Gasteiger partial charge on any atom is 0.306 e. The number of esters is 1. The number of nitrogens with one attached hydrogen (secondary N) is 1. The van der Waals surface area contributed by atoms with Gasteiger partial charge in [0, 0.05) is 12.8 Å². The van der Waals surface area contributed by atoms with E-state index in [1.807, 2.05) is 33.3 Å². The first-order valence-electron chi connectivity index (χ1n) is 27.6. The Morgan fingerprint density at radius 2 is 0.908 bits per heavy atom. The van der Waals surface area contributed by atoms with Crippen LogP contribution < -0.4 is 10.2 Å². The van der Waals surface area contributed by atoms with E-state index in [9.17, 15) is 19.0 Å². The molecule has 0 aromatic heterocycles. The highest BCUT2D eigenvalue weighted by Gasteiger charge is 2.27. The average molecular weight is 939 g/mol. The van der Waals surface area contributed by atoms with Crippen molar-refractivity contribution >= 4 is 19.7 Å². The second-order valence-corrected chi connectivity index (χ2v) is 21.5. The fraction of sp³-hybridized carbons (Fsp3) is 0.891. The number of quaternary nitrogens is 1. The lowest BCUT2D eigenvalue weighted by atomic mass is 10.0. The van der Waals surface area contributed by atoms with Crippen LogP contribution in [0.5, 0.6) is 0 Å². The Kier molecular flexibility index (Phi) is 45.2. The molecule has 0 aromatic carbocycles. The molecule has 1 N–H and O–H groups in total. The van der Waals surface area contributed by atoms with E-state index in [2.05, 4.69) is 38.2 Å². The van der Waals surface area contributed by atoms with Crippen molar-refractivity contribution in [2.45, 2.75) is 277 Å². The molecule has 3 atom stereocenters. The molecule has 0 rings (SSSR count). The number of amides is 1. The molecule has 0 heterocycles. The van der Waals surface area contributed by atoms with Gasteiger partial charge in [0.2, 0.25) is 5.91 Å². The van der Waals surface area contributed by atoms with Gasteiger partial charge in [-0.1, -0.05) is 225 Å². The highest BCUT2D eigenvalue weighted by Crippen LogP contribution is 2.38. The van der Waals surface area contributed by atoms with Crippen molar-refractivity contribution in [1.82, 2.24) is 5.32 Å². The lowest BCUT2D eigenvalue weighted by molar-refractivity contribution is -0.870. The van der Waals surface area contributed by atoms with Crippen LogP contribution in [0.4, 0.5) is 0 Å². The van der Waals surface area contributed by atoms with Crippen molar-refractivity contribution < 1.29 is 37.3 Å². The molecular weight excluding hydrogens is 832 g/mol. The minimum Gasteiger partial charge on any atom is -0.756 e. The van der Waals surface area contributed by atoms with Crippen LogP contribution in [0.25, 0.3) is 0 Å². The van der Waals surface area contributed by atoms with Crippen LogP contribution in [-0.2, 0) is 27.9 Å². The van der Waals surface area contributed by atoms with Crippen LogP contribution in [0, 0.1) is 0 Å². The van der Waals surface area contributed by atoms with Crippen LogP contribution in [-0.4, -0.2) is 69.4 Å². The third kappa shape index (κ3) is 47.4. The first kappa shape index (κ1) is 63.5. The third-order valence-corrected chi connectivity index (χ3v) is 13.3. The number of phosphoric ester groups is 1. The van der Waals surface area contributed by atoms with Gasteiger partial charge in [-0.2, -0.15) is 0 Å². The van der Waals surface area contributed by atoms with Crippen LogP contribution in [0.3, 0.4) is 0 Å². The summed E-state index contributed by atoms with van der Waals surface area (Å²) in [6.07, 6.45) is 51.4. The molecule has 0 aromatic rings. The Labute approximate surface area is 403 Å². The summed E-state index contributed by atoms with van der Waals surface area (Å²) in [5.74, 6) is -0.543. The second kappa shape index (κ2) is 46.2. The van der Waals surface area contributed by atoms with Crippen LogP contribution in [0.1, 0.15) is 265 Å². The minimum atomic E-state index is -4.68. The van der Waals surface area contributed by atoms with E-state index >= 15 is 0 Å². The number of hydrogen-bond donors (Lipinski definition) is 1. The van der Waals surface area contributed by atoms with E-state index in [1.54, 1.807) is 0 Å². The van der Waals surface area contributed by atoms with E-state index < -0.39 is 20.0 Å². The largest absolute Gasteiger partial charge is 0.756 e. The van der Waals surface area contributed by atoms with Crippen molar-refractivity contribution in [1.29, 1.82) is 0 Å². The zero-order valence-electron chi connectivity index (χ0n) is 43.7. The summed E-state index contributed by atoms with van der Waals surface area (Å²) in [6, 6.07) is -0.883. The molecule has 0 saturated heterocycles. The van der Waals surface area contributed by atoms with Crippen molar-refractivity contribution in [3.05, 3.63) is 24.3 Å². The molecule has 0 aliphatic rings. The number of ether oxygens (including phenoxy) is 1. The normalized spacial score (nSPS) is 14.0. The molecule has 0 aliphatic carbocycles. The van der Waals surface area contributed by atoms with Gasteiger partial charge in [-0.05, 0) is 51.0 Å². The molecule has 0 aliphatic heterocycles. The molecule has 0 fully saturated rings.